The van der Waals surface area contributed by atoms with Gasteiger partial charge in [0.1, 0.15) is 0 Å². The van der Waals surface area contributed by atoms with Crippen molar-refractivity contribution in [2.24, 2.45) is 0 Å². The van der Waals surface area contributed by atoms with Crippen LogP contribution in [0.5, 0.6) is 0 Å². The number of β-amino-alcohol motifs (C(OH)–C–C–N with tert-alkyl or cyclic N) is 1. The summed E-state index contributed by atoms with van der Waals surface area (Å²) >= 11 is 0. The summed E-state index contributed by atoms with van der Waals surface area (Å²) in [4.78, 5) is 28.4. The number of hydrogen-bond acceptors (Lipinski definition) is 5. The topological polar surface area (TPSA) is 79.7 Å². The molecule has 1 aromatic rings. The quantitative estimate of drug-likeness (QED) is 0.729. The van der Waals surface area contributed by atoms with E-state index in [1.807, 2.05) is 0 Å². The summed E-state index contributed by atoms with van der Waals surface area (Å²) in [6.45, 7) is 0.175. The van der Waals surface area contributed by atoms with E-state index in [1.165, 1.54) is 18.2 Å². The first kappa shape index (κ1) is 11.5. The van der Waals surface area contributed by atoms with Gasteiger partial charge in [-0.15, -0.1) is 0 Å². The normalized spacial score (nSPS) is 19.5. The SMILES string of the molecule is COC(=O)c1ncccc1N1CC(O)CC1=O. The number of esters is 1. The van der Waals surface area contributed by atoms with E-state index in [4.69, 9.17) is 0 Å². The Morgan fingerprint density at radius 2 is 2.41 bits per heavy atom. The zero-order chi connectivity index (χ0) is 12.4. The van der Waals surface area contributed by atoms with Crippen molar-refractivity contribution in [2.75, 3.05) is 18.6 Å². The van der Waals surface area contributed by atoms with Gasteiger partial charge >= 0.3 is 5.97 Å². The van der Waals surface area contributed by atoms with Crippen LogP contribution >= 0.6 is 0 Å². The van der Waals surface area contributed by atoms with Gasteiger partial charge in [-0.2, -0.15) is 0 Å². The van der Waals surface area contributed by atoms with Crippen LogP contribution in [0.2, 0.25) is 0 Å². The minimum atomic E-state index is -0.701. The highest BCUT2D eigenvalue weighted by molar-refractivity contribution is 6.02. The van der Waals surface area contributed by atoms with Crippen molar-refractivity contribution in [1.29, 1.82) is 0 Å². The lowest BCUT2D eigenvalue weighted by Crippen LogP contribution is -2.27. The van der Waals surface area contributed by atoms with Gasteiger partial charge in [0.05, 0.1) is 31.9 Å². The van der Waals surface area contributed by atoms with Gasteiger partial charge in [0.25, 0.3) is 0 Å². The molecule has 0 spiro atoms. The van der Waals surface area contributed by atoms with Gasteiger partial charge in [0.15, 0.2) is 5.69 Å². The highest BCUT2D eigenvalue weighted by atomic mass is 16.5. The Labute approximate surface area is 97.8 Å². The standard InChI is InChI=1S/C11H12N2O4/c1-17-11(16)10-8(3-2-4-12-10)13-6-7(14)5-9(13)15/h2-4,7,14H,5-6H2,1H3. The molecule has 0 saturated carbocycles. The molecule has 1 aliphatic heterocycles. The van der Waals surface area contributed by atoms with Crippen LogP contribution in [-0.2, 0) is 9.53 Å². The number of anilines is 1. The van der Waals surface area contributed by atoms with Crippen LogP contribution in [0.3, 0.4) is 0 Å². The lowest BCUT2D eigenvalue weighted by Gasteiger charge is -2.17. The second-order valence-electron chi connectivity index (χ2n) is 3.73. The summed E-state index contributed by atoms with van der Waals surface area (Å²) in [7, 11) is 1.25. The lowest BCUT2D eigenvalue weighted by molar-refractivity contribution is -0.117. The van der Waals surface area contributed by atoms with Gasteiger partial charge in [0.2, 0.25) is 5.91 Å². The van der Waals surface area contributed by atoms with Crippen LogP contribution in [0.25, 0.3) is 0 Å². The fourth-order valence-corrected chi connectivity index (χ4v) is 1.79. The molecule has 0 aromatic carbocycles. The summed E-state index contributed by atoms with van der Waals surface area (Å²) in [5.41, 5.74) is 0.457. The molecule has 17 heavy (non-hydrogen) atoms. The molecule has 6 nitrogen and oxygen atoms in total. The number of carbonyl (C=O) groups excluding carboxylic acids is 2. The minimum absolute atomic E-state index is 0.0650. The second-order valence-corrected chi connectivity index (χ2v) is 3.73. The molecular formula is C11H12N2O4. The molecule has 1 N–H and O–H groups in total. The average molecular weight is 236 g/mol. The zero-order valence-electron chi connectivity index (χ0n) is 9.29. The molecule has 1 aliphatic rings. The van der Waals surface area contributed by atoms with Crippen molar-refractivity contribution in [3.05, 3.63) is 24.0 Å². The van der Waals surface area contributed by atoms with Gasteiger partial charge in [0, 0.05) is 6.20 Å². The fraction of sp³-hybridized carbons (Fsp3) is 0.364. The summed E-state index contributed by atoms with van der Waals surface area (Å²) in [5.74, 6) is -0.828. The van der Waals surface area contributed by atoms with Crippen LogP contribution in [0.1, 0.15) is 16.9 Å². The van der Waals surface area contributed by atoms with E-state index in [1.54, 1.807) is 12.1 Å². The summed E-state index contributed by atoms with van der Waals surface area (Å²) in [6, 6.07) is 3.23. The van der Waals surface area contributed by atoms with Crippen LogP contribution in [0.15, 0.2) is 18.3 Å². The fourth-order valence-electron chi connectivity index (χ4n) is 1.79. The number of amides is 1. The highest BCUT2D eigenvalue weighted by Crippen LogP contribution is 2.24. The zero-order valence-corrected chi connectivity index (χ0v) is 9.29. The molecule has 1 saturated heterocycles. The Bertz CT molecular complexity index is 461. The average Bonchev–Trinajstić information content (AvgIpc) is 2.67. The van der Waals surface area contributed by atoms with Crippen LogP contribution < -0.4 is 4.90 Å². The van der Waals surface area contributed by atoms with Crippen molar-refractivity contribution >= 4 is 17.6 Å². The lowest BCUT2D eigenvalue weighted by atomic mass is 10.2. The van der Waals surface area contributed by atoms with E-state index in [9.17, 15) is 14.7 Å². The van der Waals surface area contributed by atoms with E-state index in [0.717, 1.165) is 0 Å². The third-order valence-electron chi connectivity index (χ3n) is 2.56. The number of aliphatic hydroxyl groups excluding tert-OH is 1. The van der Waals surface area contributed by atoms with Gasteiger partial charge < -0.3 is 14.7 Å². The Kier molecular flexibility index (Phi) is 3.06. The molecule has 1 unspecified atom stereocenters. The number of hydrogen-bond donors (Lipinski definition) is 1. The molecule has 2 rings (SSSR count). The molecule has 1 fully saturated rings. The molecule has 90 valence electrons. The molecule has 1 amide bonds. The predicted molar refractivity (Wildman–Crippen MR) is 58.6 cm³/mol. The molecule has 0 aliphatic carbocycles. The molecule has 2 heterocycles. The van der Waals surface area contributed by atoms with E-state index >= 15 is 0 Å². The first-order valence-corrected chi connectivity index (χ1v) is 5.15. The second kappa shape index (κ2) is 4.50. The number of aliphatic hydroxyl groups is 1. The van der Waals surface area contributed by atoms with Crippen molar-refractivity contribution < 1.29 is 19.4 Å². The number of carbonyl (C=O) groups is 2. The van der Waals surface area contributed by atoms with E-state index < -0.39 is 12.1 Å². The number of nitrogens with zero attached hydrogens (tertiary/aromatic N) is 2. The van der Waals surface area contributed by atoms with Gasteiger partial charge in [-0.05, 0) is 12.1 Å². The first-order valence-electron chi connectivity index (χ1n) is 5.15. The van der Waals surface area contributed by atoms with Crippen molar-refractivity contribution in [3.63, 3.8) is 0 Å². The van der Waals surface area contributed by atoms with Gasteiger partial charge in [-0.25, -0.2) is 9.78 Å². The maximum absolute atomic E-state index is 11.6. The minimum Gasteiger partial charge on any atom is -0.464 e. The number of ether oxygens (including phenoxy) is 1. The number of rotatable bonds is 2. The summed E-state index contributed by atoms with van der Waals surface area (Å²) < 4.78 is 4.60. The molecule has 1 aromatic heterocycles. The number of pyridine rings is 1. The number of methoxy groups -OCH3 is 1. The van der Waals surface area contributed by atoms with Crippen molar-refractivity contribution in [2.45, 2.75) is 12.5 Å². The Hall–Kier alpha value is -1.95. The first-order chi connectivity index (χ1) is 8.13. The Morgan fingerprint density at radius 3 is 3.00 bits per heavy atom. The summed E-state index contributed by atoms with van der Waals surface area (Å²) in [5, 5.41) is 9.42. The molecule has 0 radical (unpaired) electrons. The maximum Gasteiger partial charge on any atom is 0.358 e. The smallest absolute Gasteiger partial charge is 0.358 e. The number of aromatic nitrogens is 1. The molecule has 6 heteroatoms. The van der Waals surface area contributed by atoms with E-state index in [0.29, 0.717) is 5.69 Å². The third-order valence-corrected chi connectivity index (χ3v) is 2.56. The maximum atomic E-state index is 11.6. The van der Waals surface area contributed by atoms with Crippen LogP contribution in [0, 0.1) is 0 Å². The van der Waals surface area contributed by atoms with E-state index in [-0.39, 0.29) is 24.6 Å². The summed E-state index contributed by atoms with van der Waals surface area (Å²) in [6.07, 6.45) is 0.815. The highest BCUT2D eigenvalue weighted by Gasteiger charge is 2.32. The van der Waals surface area contributed by atoms with Gasteiger partial charge in [-0.3, -0.25) is 4.79 Å². The Morgan fingerprint density at radius 1 is 1.65 bits per heavy atom. The molecular weight excluding hydrogens is 224 g/mol. The molecule has 1 atom stereocenters. The van der Waals surface area contributed by atoms with E-state index in [2.05, 4.69) is 9.72 Å². The van der Waals surface area contributed by atoms with Gasteiger partial charge in [-0.1, -0.05) is 0 Å². The third kappa shape index (κ3) is 2.12. The van der Waals surface area contributed by atoms with Crippen molar-refractivity contribution in [3.8, 4) is 0 Å². The molecule has 0 bridgehead atoms. The largest absolute Gasteiger partial charge is 0.464 e. The monoisotopic (exact) mass is 236 g/mol. The van der Waals surface area contributed by atoms with Crippen LogP contribution in [-0.4, -0.2) is 41.7 Å². The Balaban J connectivity index is 2.38. The van der Waals surface area contributed by atoms with Crippen LogP contribution in [0.4, 0.5) is 5.69 Å². The predicted octanol–water partition coefficient (Wildman–Crippen LogP) is -0.0342. The van der Waals surface area contributed by atoms with Crippen molar-refractivity contribution in [1.82, 2.24) is 4.98 Å².